The summed E-state index contributed by atoms with van der Waals surface area (Å²) in [6, 6.07) is 3.09. The Morgan fingerprint density at radius 1 is 1.65 bits per heavy atom. The lowest BCUT2D eigenvalue weighted by Gasteiger charge is -2.21. The number of hydrogen-bond acceptors (Lipinski definition) is 6. The minimum atomic E-state index is -0.517. The molecule has 1 heterocycles. The average molecular weight is 239 g/mol. The molecule has 1 rings (SSSR count). The van der Waals surface area contributed by atoms with Crippen molar-refractivity contribution in [3.05, 3.63) is 17.8 Å². The summed E-state index contributed by atoms with van der Waals surface area (Å²) in [5, 5.41) is 9.30. The van der Waals surface area contributed by atoms with Crippen molar-refractivity contribution < 1.29 is 14.6 Å². The monoisotopic (exact) mass is 239 g/mol. The number of aliphatic hydroxyl groups is 1. The highest BCUT2D eigenvalue weighted by atomic mass is 16.5. The van der Waals surface area contributed by atoms with Crippen molar-refractivity contribution in [2.45, 2.75) is 13.0 Å². The zero-order valence-electron chi connectivity index (χ0n) is 10.2. The summed E-state index contributed by atoms with van der Waals surface area (Å²) in [5.74, 6) is -0.0644. The van der Waals surface area contributed by atoms with Crippen LogP contribution in [0.3, 0.4) is 0 Å². The molecule has 3 N–H and O–H groups in total. The second-order valence-electron chi connectivity index (χ2n) is 3.83. The maximum Gasteiger partial charge on any atom is 0.356 e. The van der Waals surface area contributed by atoms with Gasteiger partial charge in [-0.05, 0) is 19.1 Å². The largest absolute Gasteiger partial charge is 0.464 e. The Morgan fingerprint density at radius 3 is 2.82 bits per heavy atom. The van der Waals surface area contributed by atoms with Crippen molar-refractivity contribution in [3.8, 4) is 0 Å². The number of nitrogens with two attached hydrogens (primary N) is 1. The van der Waals surface area contributed by atoms with Crippen molar-refractivity contribution in [3.63, 3.8) is 0 Å². The van der Waals surface area contributed by atoms with Gasteiger partial charge in [0.15, 0.2) is 11.5 Å². The summed E-state index contributed by atoms with van der Waals surface area (Å²) in [6.45, 7) is 2.04. The van der Waals surface area contributed by atoms with Crippen LogP contribution in [0.5, 0.6) is 0 Å². The molecule has 0 aliphatic heterocycles. The SMILES string of the molecule is COC(=O)c1ccc(N)c(N(C)CC(C)O)n1. The van der Waals surface area contributed by atoms with E-state index in [1.54, 1.807) is 24.9 Å². The summed E-state index contributed by atoms with van der Waals surface area (Å²) in [4.78, 5) is 17.1. The minimum Gasteiger partial charge on any atom is -0.464 e. The third kappa shape index (κ3) is 3.32. The molecule has 1 unspecified atom stereocenters. The van der Waals surface area contributed by atoms with E-state index in [1.165, 1.54) is 13.2 Å². The van der Waals surface area contributed by atoms with E-state index in [0.29, 0.717) is 18.1 Å². The first-order chi connectivity index (χ1) is 7.95. The van der Waals surface area contributed by atoms with E-state index in [0.717, 1.165) is 0 Å². The summed E-state index contributed by atoms with van der Waals surface area (Å²) < 4.78 is 4.58. The minimum absolute atomic E-state index is 0.189. The normalized spacial score (nSPS) is 12.0. The summed E-state index contributed by atoms with van der Waals surface area (Å²) in [6.07, 6.45) is -0.511. The highest BCUT2D eigenvalue weighted by Gasteiger charge is 2.14. The predicted molar refractivity (Wildman–Crippen MR) is 64.9 cm³/mol. The summed E-state index contributed by atoms with van der Waals surface area (Å²) in [5.41, 5.74) is 6.40. The quantitative estimate of drug-likeness (QED) is 0.733. The maximum absolute atomic E-state index is 11.3. The van der Waals surface area contributed by atoms with Gasteiger partial charge in [0.25, 0.3) is 0 Å². The third-order valence-corrected chi connectivity index (χ3v) is 2.20. The maximum atomic E-state index is 11.3. The molecule has 1 aromatic heterocycles. The van der Waals surface area contributed by atoms with Crippen LogP contribution < -0.4 is 10.6 Å². The van der Waals surface area contributed by atoms with Crippen LogP contribution in [0.4, 0.5) is 11.5 Å². The molecule has 0 radical (unpaired) electrons. The van der Waals surface area contributed by atoms with Crippen LogP contribution in [-0.2, 0) is 4.74 Å². The lowest BCUT2D eigenvalue weighted by Crippen LogP contribution is -2.28. The van der Waals surface area contributed by atoms with Gasteiger partial charge in [-0.2, -0.15) is 0 Å². The number of pyridine rings is 1. The van der Waals surface area contributed by atoms with Crippen LogP contribution >= 0.6 is 0 Å². The van der Waals surface area contributed by atoms with Crippen molar-refractivity contribution in [1.29, 1.82) is 0 Å². The molecule has 1 aromatic rings. The number of esters is 1. The van der Waals surface area contributed by atoms with E-state index < -0.39 is 12.1 Å². The van der Waals surface area contributed by atoms with E-state index in [1.807, 2.05) is 0 Å². The summed E-state index contributed by atoms with van der Waals surface area (Å²) >= 11 is 0. The Kier molecular flexibility index (Phi) is 4.28. The smallest absolute Gasteiger partial charge is 0.356 e. The number of carbonyl (C=O) groups excluding carboxylic acids is 1. The van der Waals surface area contributed by atoms with Crippen molar-refractivity contribution in [1.82, 2.24) is 4.98 Å². The molecule has 0 bridgehead atoms. The molecular formula is C11H17N3O3. The number of aromatic nitrogens is 1. The second kappa shape index (κ2) is 5.49. The van der Waals surface area contributed by atoms with E-state index in [-0.39, 0.29) is 5.69 Å². The van der Waals surface area contributed by atoms with Gasteiger partial charge in [-0.1, -0.05) is 0 Å². The van der Waals surface area contributed by atoms with Gasteiger partial charge >= 0.3 is 5.97 Å². The zero-order chi connectivity index (χ0) is 13.0. The van der Waals surface area contributed by atoms with Gasteiger partial charge in [-0.15, -0.1) is 0 Å². The number of methoxy groups -OCH3 is 1. The third-order valence-electron chi connectivity index (χ3n) is 2.20. The molecule has 1 atom stereocenters. The molecule has 0 saturated heterocycles. The number of ether oxygens (including phenoxy) is 1. The number of nitrogens with zero attached hydrogens (tertiary/aromatic N) is 2. The standard InChI is InChI=1S/C11H17N3O3/c1-7(15)6-14(2)10-8(12)4-5-9(13-10)11(16)17-3/h4-5,7,15H,6,12H2,1-3H3. The van der Waals surface area contributed by atoms with Gasteiger partial charge in [0.1, 0.15) is 0 Å². The van der Waals surface area contributed by atoms with Gasteiger partial charge < -0.3 is 20.5 Å². The van der Waals surface area contributed by atoms with E-state index in [9.17, 15) is 9.90 Å². The molecule has 0 aromatic carbocycles. The highest BCUT2D eigenvalue weighted by Crippen LogP contribution is 2.20. The van der Waals surface area contributed by atoms with Gasteiger partial charge in [0.05, 0.1) is 18.9 Å². The zero-order valence-corrected chi connectivity index (χ0v) is 10.2. The second-order valence-corrected chi connectivity index (χ2v) is 3.83. The highest BCUT2D eigenvalue weighted by molar-refractivity contribution is 5.88. The number of aliphatic hydroxyl groups excluding tert-OH is 1. The van der Waals surface area contributed by atoms with Crippen molar-refractivity contribution >= 4 is 17.5 Å². The molecule has 6 heteroatoms. The Labute approximate surface area is 100 Å². The first-order valence-electron chi connectivity index (χ1n) is 5.19. The molecule has 6 nitrogen and oxygen atoms in total. The van der Waals surface area contributed by atoms with E-state index in [2.05, 4.69) is 9.72 Å². The molecular weight excluding hydrogens is 222 g/mol. The molecule has 17 heavy (non-hydrogen) atoms. The summed E-state index contributed by atoms with van der Waals surface area (Å²) in [7, 11) is 3.03. The van der Waals surface area contributed by atoms with Gasteiger partial charge in [0.2, 0.25) is 0 Å². The number of nitrogen functional groups attached to an aromatic ring is 1. The molecule has 0 saturated carbocycles. The Balaban J connectivity index is 3.01. The fourth-order valence-corrected chi connectivity index (χ4v) is 1.47. The predicted octanol–water partition coefficient (Wildman–Crippen LogP) is 0.267. The number of rotatable bonds is 4. The number of likely N-dealkylation sites (N-methyl/N-ethyl adjacent to an activating group) is 1. The van der Waals surface area contributed by atoms with Crippen molar-refractivity contribution in [2.24, 2.45) is 0 Å². The Morgan fingerprint density at radius 2 is 2.29 bits per heavy atom. The van der Waals surface area contributed by atoms with Crippen LogP contribution in [0.15, 0.2) is 12.1 Å². The van der Waals surface area contributed by atoms with Gasteiger partial charge in [0, 0.05) is 13.6 Å². The number of hydrogen-bond donors (Lipinski definition) is 2. The fraction of sp³-hybridized carbons (Fsp3) is 0.455. The molecule has 0 amide bonds. The topological polar surface area (TPSA) is 88.7 Å². The molecule has 94 valence electrons. The average Bonchev–Trinajstić information content (AvgIpc) is 2.27. The van der Waals surface area contributed by atoms with Crippen LogP contribution in [-0.4, -0.2) is 42.9 Å². The molecule has 0 aliphatic carbocycles. The van der Waals surface area contributed by atoms with E-state index in [4.69, 9.17) is 5.73 Å². The van der Waals surface area contributed by atoms with Crippen LogP contribution in [0, 0.1) is 0 Å². The first kappa shape index (κ1) is 13.2. The van der Waals surface area contributed by atoms with Crippen LogP contribution in [0.1, 0.15) is 17.4 Å². The molecule has 0 aliphatic rings. The first-order valence-corrected chi connectivity index (χ1v) is 5.19. The molecule has 0 fully saturated rings. The Hall–Kier alpha value is -1.82. The van der Waals surface area contributed by atoms with Crippen molar-refractivity contribution in [2.75, 3.05) is 31.3 Å². The van der Waals surface area contributed by atoms with Gasteiger partial charge in [-0.25, -0.2) is 9.78 Å². The lowest BCUT2D eigenvalue weighted by atomic mass is 10.3. The van der Waals surface area contributed by atoms with Crippen LogP contribution in [0.25, 0.3) is 0 Å². The van der Waals surface area contributed by atoms with Gasteiger partial charge in [-0.3, -0.25) is 0 Å². The fourth-order valence-electron chi connectivity index (χ4n) is 1.47. The Bertz CT molecular complexity index is 407. The molecule has 0 spiro atoms. The van der Waals surface area contributed by atoms with Crippen LogP contribution in [0.2, 0.25) is 0 Å². The van der Waals surface area contributed by atoms with E-state index >= 15 is 0 Å². The number of anilines is 2. The number of carbonyl (C=O) groups is 1. The lowest BCUT2D eigenvalue weighted by molar-refractivity contribution is 0.0594.